The standard InChI is InChI=1S/C14H20N4O/c1-8-4-5-16-14(12(8)13(15)19)18-11-6-9-2-3-10(7-11)17-9/h4-5,9-11,17H,2-3,6-7H2,1H3,(H2,15,19)(H,16,18). The minimum absolute atomic E-state index is 0.381. The number of carbonyl (C=O) groups is 1. The van der Waals surface area contributed by atoms with Crippen LogP contribution in [0.15, 0.2) is 12.3 Å². The number of pyridine rings is 1. The van der Waals surface area contributed by atoms with Crippen molar-refractivity contribution in [1.29, 1.82) is 0 Å². The van der Waals surface area contributed by atoms with Crippen molar-refractivity contribution < 1.29 is 4.79 Å². The fourth-order valence-corrected chi connectivity index (χ4v) is 3.35. The lowest BCUT2D eigenvalue weighted by atomic mass is 9.99. The Morgan fingerprint density at radius 3 is 2.74 bits per heavy atom. The van der Waals surface area contributed by atoms with Gasteiger partial charge in [0.25, 0.3) is 5.91 Å². The fourth-order valence-electron chi connectivity index (χ4n) is 3.35. The summed E-state index contributed by atoms with van der Waals surface area (Å²) in [5.74, 6) is 0.226. The van der Waals surface area contributed by atoms with Gasteiger partial charge in [0.1, 0.15) is 5.82 Å². The molecule has 0 radical (unpaired) electrons. The Bertz CT molecular complexity index is 490. The molecule has 0 spiro atoms. The summed E-state index contributed by atoms with van der Waals surface area (Å²) in [6, 6.07) is 3.42. The molecule has 102 valence electrons. The maximum absolute atomic E-state index is 11.6. The van der Waals surface area contributed by atoms with Gasteiger partial charge < -0.3 is 16.4 Å². The highest BCUT2D eigenvalue weighted by Crippen LogP contribution is 2.29. The first-order valence-electron chi connectivity index (χ1n) is 6.91. The molecule has 1 amide bonds. The maximum atomic E-state index is 11.6. The molecule has 0 aromatic carbocycles. The number of carbonyl (C=O) groups excluding carboxylic acids is 1. The van der Waals surface area contributed by atoms with Gasteiger partial charge in [-0.2, -0.15) is 0 Å². The van der Waals surface area contributed by atoms with Gasteiger partial charge in [0.05, 0.1) is 5.56 Å². The number of primary amides is 1. The number of anilines is 1. The van der Waals surface area contributed by atoms with Gasteiger partial charge in [0.2, 0.25) is 0 Å². The van der Waals surface area contributed by atoms with Gasteiger partial charge in [-0.3, -0.25) is 4.79 Å². The summed E-state index contributed by atoms with van der Waals surface area (Å²) in [5.41, 5.74) is 6.85. The van der Waals surface area contributed by atoms with Crippen LogP contribution in [-0.4, -0.2) is 29.0 Å². The average Bonchev–Trinajstić information content (AvgIpc) is 2.68. The number of nitrogens with one attached hydrogen (secondary N) is 2. The van der Waals surface area contributed by atoms with Crippen molar-refractivity contribution in [3.8, 4) is 0 Å². The Balaban J connectivity index is 1.80. The zero-order chi connectivity index (χ0) is 13.4. The summed E-state index contributed by atoms with van der Waals surface area (Å²) in [4.78, 5) is 15.8. The Labute approximate surface area is 113 Å². The highest BCUT2D eigenvalue weighted by Gasteiger charge is 2.33. The number of fused-ring (bicyclic) bond motifs is 2. The lowest BCUT2D eigenvalue weighted by Gasteiger charge is -2.30. The number of hydrogen-bond donors (Lipinski definition) is 3. The molecular formula is C14H20N4O. The molecule has 2 unspecified atom stereocenters. The second-order valence-electron chi connectivity index (χ2n) is 5.67. The second-order valence-corrected chi connectivity index (χ2v) is 5.67. The molecule has 2 aliphatic heterocycles. The third-order valence-electron chi connectivity index (χ3n) is 4.22. The molecule has 2 atom stereocenters. The topological polar surface area (TPSA) is 80.0 Å². The van der Waals surface area contributed by atoms with E-state index in [1.54, 1.807) is 6.20 Å². The first-order chi connectivity index (χ1) is 9.13. The van der Waals surface area contributed by atoms with Gasteiger partial charge in [-0.15, -0.1) is 0 Å². The van der Waals surface area contributed by atoms with E-state index in [-0.39, 0.29) is 0 Å². The van der Waals surface area contributed by atoms with E-state index >= 15 is 0 Å². The summed E-state index contributed by atoms with van der Waals surface area (Å²) >= 11 is 0. The normalized spacial score (nSPS) is 29.2. The first kappa shape index (κ1) is 12.4. The summed E-state index contributed by atoms with van der Waals surface area (Å²) in [6.45, 7) is 1.89. The highest BCUT2D eigenvalue weighted by atomic mass is 16.1. The Kier molecular flexibility index (Phi) is 3.14. The van der Waals surface area contributed by atoms with Crippen LogP contribution in [-0.2, 0) is 0 Å². The zero-order valence-electron chi connectivity index (χ0n) is 11.1. The van der Waals surface area contributed by atoms with Crippen LogP contribution in [0.1, 0.15) is 41.6 Å². The van der Waals surface area contributed by atoms with E-state index in [9.17, 15) is 4.79 Å². The van der Waals surface area contributed by atoms with Crippen LogP contribution in [0.4, 0.5) is 5.82 Å². The molecule has 0 aliphatic carbocycles. The molecule has 5 nitrogen and oxygen atoms in total. The van der Waals surface area contributed by atoms with Gasteiger partial charge in [-0.25, -0.2) is 4.98 Å². The van der Waals surface area contributed by atoms with E-state index in [4.69, 9.17) is 5.73 Å². The number of amides is 1. The van der Waals surface area contributed by atoms with Crippen LogP contribution < -0.4 is 16.4 Å². The predicted molar refractivity (Wildman–Crippen MR) is 74.1 cm³/mol. The minimum Gasteiger partial charge on any atom is -0.367 e. The Hall–Kier alpha value is -1.62. The molecule has 19 heavy (non-hydrogen) atoms. The fraction of sp³-hybridized carbons (Fsp3) is 0.571. The van der Waals surface area contributed by atoms with E-state index in [1.807, 2.05) is 13.0 Å². The quantitative estimate of drug-likeness (QED) is 0.762. The van der Waals surface area contributed by atoms with E-state index in [2.05, 4.69) is 15.6 Å². The molecule has 0 saturated carbocycles. The molecule has 1 aromatic rings. The van der Waals surface area contributed by atoms with Crippen molar-refractivity contribution in [2.24, 2.45) is 5.73 Å². The first-order valence-corrected chi connectivity index (χ1v) is 6.91. The Morgan fingerprint density at radius 2 is 2.11 bits per heavy atom. The van der Waals surface area contributed by atoms with Gasteiger partial charge in [0, 0.05) is 24.3 Å². The summed E-state index contributed by atoms with van der Waals surface area (Å²) in [5, 5.41) is 7.02. The van der Waals surface area contributed by atoms with Gasteiger partial charge in [0.15, 0.2) is 0 Å². The lowest BCUT2D eigenvalue weighted by Crippen LogP contribution is -2.43. The van der Waals surface area contributed by atoms with Crippen LogP contribution in [0, 0.1) is 6.92 Å². The van der Waals surface area contributed by atoms with Crippen molar-refractivity contribution in [1.82, 2.24) is 10.3 Å². The average molecular weight is 260 g/mol. The summed E-state index contributed by atoms with van der Waals surface area (Å²) < 4.78 is 0. The number of rotatable bonds is 3. The molecule has 3 rings (SSSR count). The van der Waals surface area contributed by atoms with Crippen LogP contribution in [0.2, 0.25) is 0 Å². The van der Waals surface area contributed by atoms with Gasteiger partial charge in [-0.05, 0) is 44.2 Å². The Morgan fingerprint density at radius 1 is 1.42 bits per heavy atom. The van der Waals surface area contributed by atoms with E-state index in [0.717, 1.165) is 18.4 Å². The number of nitrogens with two attached hydrogens (primary N) is 1. The van der Waals surface area contributed by atoms with Crippen LogP contribution in [0.5, 0.6) is 0 Å². The number of piperidine rings is 1. The highest BCUT2D eigenvalue weighted by molar-refractivity contribution is 5.99. The number of aromatic nitrogens is 1. The van der Waals surface area contributed by atoms with Crippen molar-refractivity contribution in [2.75, 3.05) is 5.32 Å². The van der Waals surface area contributed by atoms with Crippen LogP contribution in [0.3, 0.4) is 0 Å². The van der Waals surface area contributed by atoms with Crippen molar-refractivity contribution >= 4 is 11.7 Å². The molecule has 2 bridgehead atoms. The largest absolute Gasteiger partial charge is 0.367 e. The van der Waals surface area contributed by atoms with E-state index in [0.29, 0.717) is 29.5 Å². The third kappa shape index (κ3) is 2.42. The van der Waals surface area contributed by atoms with Crippen molar-refractivity contribution in [3.63, 3.8) is 0 Å². The van der Waals surface area contributed by atoms with E-state index < -0.39 is 5.91 Å². The molecule has 5 heteroatoms. The number of hydrogen-bond acceptors (Lipinski definition) is 4. The lowest BCUT2D eigenvalue weighted by molar-refractivity contribution is 0.1000. The predicted octanol–water partition coefficient (Wildman–Crippen LogP) is 1.18. The molecule has 4 N–H and O–H groups in total. The van der Waals surface area contributed by atoms with Crippen LogP contribution in [0.25, 0.3) is 0 Å². The molecule has 1 aromatic heterocycles. The molecule has 3 heterocycles. The minimum atomic E-state index is -0.412. The third-order valence-corrected chi connectivity index (χ3v) is 4.22. The smallest absolute Gasteiger partial charge is 0.252 e. The van der Waals surface area contributed by atoms with Gasteiger partial charge in [-0.1, -0.05) is 0 Å². The second kappa shape index (κ2) is 4.81. The molecule has 2 fully saturated rings. The maximum Gasteiger partial charge on any atom is 0.252 e. The summed E-state index contributed by atoms with van der Waals surface area (Å²) in [7, 11) is 0. The number of aryl methyl sites for hydroxylation is 1. The molecule has 2 aliphatic rings. The van der Waals surface area contributed by atoms with Crippen molar-refractivity contribution in [2.45, 2.75) is 50.7 Å². The van der Waals surface area contributed by atoms with Crippen molar-refractivity contribution in [3.05, 3.63) is 23.4 Å². The zero-order valence-corrected chi connectivity index (χ0v) is 11.1. The van der Waals surface area contributed by atoms with E-state index in [1.165, 1.54) is 12.8 Å². The monoisotopic (exact) mass is 260 g/mol. The van der Waals surface area contributed by atoms with Gasteiger partial charge >= 0.3 is 0 Å². The number of nitrogens with zero attached hydrogens (tertiary/aromatic N) is 1. The molecule has 2 saturated heterocycles. The molecular weight excluding hydrogens is 240 g/mol. The summed E-state index contributed by atoms with van der Waals surface area (Å²) in [6.07, 6.45) is 6.41. The van der Waals surface area contributed by atoms with Crippen LogP contribution >= 0.6 is 0 Å². The SMILES string of the molecule is Cc1ccnc(NC2CC3CCC(C2)N3)c1C(N)=O.